The monoisotopic (exact) mass is 367 g/mol. The van der Waals surface area contributed by atoms with Gasteiger partial charge in [0.25, 0.3) is 5.56 Å². The maximum atomic E-state index is 13.1. The van der Waals surface area contributed by atoms with Crippen LogP contribution in [-0.2, 0) is 17.8 Å². The standard InChI is InChI=1S/C20H25N5O2/c1-27-13-12-25-19(26)18-17(14-21-25)22-20(23-10-6-3-7-11-23)24(18)15-16-8-4-2-5-9-16/h2,4-5,8-9,14H,3,6-7,10-13,15H2,1H3. The summed E-state index contributed by atoms with van der Waals surface area (Å²) in [6, 6.07) is 10.2. The molecule has 1 aliphatic rings. The average molecular weight is 367 g/mol. The highest BCUT2D eigenvalue weighted by Crippen LogP contribution is 2.24. The van der Waals surface area contributed by atoms with Gasteiger partial charge in [-0.1, -0.05) is 30.3 Å². The molecule has 1 fully saturated rings. The minimum Gasteiger partial charge on any atom is -0.383 e. The van der Waals surface area contributed by atoms with E-state index in [1.807, 2.05) is 18.2 Å². The number of benzene rings is 1. The van der Waals surface area contributed by atoms with Crippen LogP contribution in [-0.4, -0.2) is 46.1 Å². The van der Waals surface area contributed by atoms with Gasteiger partial charge in [0, 0.05) is 20.2 Å². The van der Waals surface area contributed by atoms with Crippen LogP contribution >= 0.6 is 0 Å². The molecule has 0 spiro atoms. The quantitative estimate of drug-likeness (QED) is 0.669. The highest BCUT2D eigenvalue weighted by Gasteiger charge is 2.22. The van der Waals surface area contributed by atoms with Crippen molar-refractivity contribution in [1.82, 2.24) is 19.3 Å². The molecule has 1 saturated heterocycles. The zero-order valence-electron chi connectivity index (χ0n) is 15.7. The number of hydrogen-bond donors (Lipinski definition) is 0. The average Bonchev–Trinajstić information content (AvgIpc) is 3.08. The molecule has 0 amide bonds. The molecule has 2 aromatic heterocycles. The number of rotatable bonds is 6. The number of aromatic nitrogens is 4. The lowest BCUT2D eigenvalue weighted by Crippen LogP contribution is -2.32. The molecule has 3 heterocycles. The molecule has 4 rings (SSSR count). The number of imidazole rings is 1. The van der Waals surface area contributed by atoms with Gasteiger partial charge in [-0.3, -0.25) is 4.79 Å². The third-order valence-corrected chi connectivity index (χ3v) is 5.06. The van der Waals surface area contributed by atoms with E-state index in [0.29, 0.717) is 30.7 Å². The van der Waals surface area contributed by atoms with Gasteiger partial charge < -0.3 is 14.2 Å². The van der Waals surface area contributed by atoms with Gasteiger partial charge in [0.1, 0.15) is 11.0 Å². The van der Waals surface area contributed by atoms with Gasteiger partial charge in [-0.05, 0) is 24.8 Å². The molecular weight excluding hydrogens is 342 g/mol. The number of piperidine rings is 1. The van der Waals surface area contributed by atoms with Crippen molar-refractivity contribution in [1.29, 1.82) is 0 Å². The van der Waals surface area contributed by atoms with Crippen LogP contribution in [0.4, 0.5) is 5.95 Å². The largest absolute Gasteiger partial charge is 0.383 e. The van der Waals surface area contributed by atoms with Gasteiger partial charge in [0.2, 0.25) is 5.95 Å². The van der Waals surface area contributed by atoms with Gasteiger partial charge in [-0.15, -0.1) is 0 Å². The van der Waals surface area contributed by atoms with Crippen LogP contribution in [0.15, 0.2) is 41.3 Å². The van der Waals surface area contributed by atoms with E-state index in [0.717, 1.165) is 37.4 Å². The Kier molecular flexibility index (Phi) is 5.20. The minimum absolute atomic E-state index is 0.115. The number of anilines is 1. The van der Waals surface area contributed by atoms with Crippen molar-refractivity contribution >= 4 is 17.0 Å². The molecule has 0 bridgehead atoms. The van der Waals surface area contributed by atoms with Crippen molar-refractivity contribution < 1.29 is 4.74 Å². The summed E-state index contributed by atoms with van der Waals surface area (Å²) in [4.78, 5) is 20.2. The van der Waals surface area contributed by atoms with Gasteiger partial charge >= 0.3 is 0 Å². The van der Waals surface area contributed by atoms with Gasteiger partial charge in [-0.2, -0.15) is 5.10 Å². The van der Waals surface area contributed by atoms with E-state index < -0.39 is 0 Å². The van der Waals surface area contributed by atoms with Crippen molar-refractivity contribution in [2.45, 2.75) is 32.4 Å². The summed E-state index contributed by atoms with van der Waals surface area (Å²) >= 11 is 0. The molecule has 0 unspecified atom stereocenters. The number of fused-ring (bicyclic) bond motifs is 1. The van der Waals surface area contributed by atoms with Gasteiger partial charge in [0.15, 0.2) is 0 Å². The number of hydrogen-bond acceptors (Lipinski definition) is 5. The maximum Gasteiger partial charge on any atom is 0.293 e. The number of methoxy groups -OCH3 is 1. The molecule has 27 heavy (non-hydrogen) atoms. The fourth-order valence-electron chi connectivity index (χ4n) is 3.66. The molecule has 0 atom stereocenters. The molecule has 1 aromatic carbocycles. The van der Waals surface area contributed by atoms with Crippen molar-refractivity contribution in [2.75, 3.05) is 31.7 Å². The van der Waals surface area contributed by atoms with Crippen molar-refractivity contribution in [2.24, 2.45) is 0 Å². The number of nitrogens with zero attached hydrogens (tertiary/aromatic N) is 5. The smallest absolute Gasteiger partial charge is 0.293 e. The van der Waals surface area contributed by atoms with E-state index >= 15 is 0 Å². The molecule has 0 aliphatic carbocycles. The Bertz CT molecular complexity index is 958. The van der Waals surface area contributed by atoms with Gasteiger partial charge in [0.05, 0.1) is 25.9 Å². The summed E-state index contributed by atoms with van der Waals surface area (Å²) < 4.78 is 8.63. The van der Waals surface area contributed by atoms with Crippen LogP contribution in [0, 0.1) is 0 Å². The summed E-state index contributed by atoms with van der Waals surface area (Å²) in [5.74, 6) is 0.872. The van der Waals surface area contributed by atoms with E-state index in [2.05, 4.69) is 26.7 Å². The highest BCUT2D eigenvalue weighted by atomic mass is 16.5. The maximum absolute atomic E-state index is 13.1. The van der Waals surface area contributed by atoms with Crippen LogP contribution in [0.3, 0.4) is 0 Å². The minimum atomic E-state index is -0.115. The molecule has 3 aromatic rings. The molecule has 142 valence electrons. The van der Waals surface area contributed by atoms with Crippen LogP contribution in [0.1, 0.15) is 24.8 Å². The summed E-state index contributed by atoms with van der Waals surface area (Å²) in [6.07, 6.45) is 5.26. The first-order valence-corrected chi connectivity index (χ1v) is 9.52. The van der Waals surface area contributed by atoms with E-state index in [-0.39, 0.29) is 5.56 Å². The summed E-state index contributed by atoms with van der Waals surface area (Å²) in [7, 11) is 1.62. The first-order chi connectivity index (χ1) is 13.3. The van der Waals surface area contributed by atoms with E-state index in [9.17, 15) is 4.79 Å². The van der Waals surface area contributed by atoms with E-state index in [1.54, 1.807) is 13.3 Å². The fourth-order valence-corrected chi connectivity index (χ4v) is 3.66. The lowest BCUT2D eigenvalue weighted by molar-refractivity contribution is 0.182. The van der Waals surface area contributed by atoms with Crippen molar-refractivity contribution in [3.05, 3.63) is 52.4 Å². The Morgan fingerprint density at radius 1 is 1.11 bits per heavy atom. The predicted molar refractivity (Wildman–Crippen MR) is 105 cm³/mol. The summed E-state index contributed by atoms with van der Waals surface area (Å²) in [6.45, 7) is 3.45. The normalized spacial score (nSPS) is 14.8. The highest BCUT2D eigenvalue weighted by molar-refractivity contribution is 5.77. The third kappa shape index (κ3) is 3.60. The lowest BCUT2D eigenvalue weighted by Gasteiger charge is -2.28. The van der Waals surface area contributed by atoms with Crippen LogP contribution in [0.5, 0.6) is 0 Å². The molecular formula is C20H25N5O2. The second-order valence-electron chi connectivity index (χ2n) is 6.93. The Hall–Kier alpha value is -2.67. The fraction of sp³-hybridized carbons (Fsp3) is 0.450. The second-order valence-corrected chi connectivity index (χ2v) is 6.93. The first-order valence-electron chi connectivity index (χ1n) is 9.52. The van der Waals surface area contributed by atoms with Crippen molar-refractivity contribution in [3.8, 4) is 0 Å². The zero-order valence-corrected chi connectivity index (χ0v) is 15.7. The Labute approximate surface area is 158 Å². The van der Waals surface area contributed by atoms with E-state index in [1.165, 1.54) is 11.1 Å². The Morgan fingerprint density at radius 2 is 1.89 bits per heavy atom. The Morgan fingerprint density at radius 3 is 2.63 bits per heavy atom. The topological polar surface area (TPSA) is 65.2 Å². The zero-order chi connectivity index (χ0) is 18.6. The van der Waals surface area contributed by atoms with Crippen LogP contribution in [0.2, 0.25) is 0 Å². The third-order valence-electron chi connectivity index (χ3n) is 5.06. The molecule has 0 N–H and O–H groups in total. The predicted octanol–water partition coefficient (Wildman–Crippen LogP) is 2.28. The lowest BCUT2D eigenvalue weighted by atomic mass is 10.1. The second kappa shape index (κ2) is 7.92. The molecule has 1 aliphatic heterocycles. The van der Waals surface area contributed by atoms with Crippen LogP contribution in [0.25, 0.3) is 11.0 Å². The molecule has 0 saturated carbocycles. The Balaban J connectivity index is 1.84. The van der Waals surface area contributed by atoms with E-state index in [4.69, 9.17) is 9.72 Å². The van der Waals surface area contributed by atoms with Crippen molar-refractivity contribution in [3.63, 3.8) is 0 Å². The number of ether oxygens (including phenoxy) is 1. The summed E-state index contributed by atoms with van der Waals surface area (Å²) in [5.41, 5.74) is 2.31. The molecule has 7 heteroatoms. The first kappa shape index (κ1) is 17.7. The molecule has 0 radical (unpaired) electrons. The SMILES string of the molecule is COCCn1ncc2nc(N3CCCCC3)n(Cc3ccccc3)c2c1=O. The van der Waals surface area contributed by atoms with Gasteiger partial charge in [-0.25, -0.2) is 9.67 Å². The summed E-state index contributed by atoms with van der Waals surface area (Å²) in [5, 5.41) is 4.28. The molecule has 7 nitrogen and oxygen atoms in total. The van der Waals surface area contributed by atoms with Crippen LogP contribution < -0.4 is 10.5 Å².